The van der Waals surface area contributed by atoms with E-state index in [1.54, 1.807) is 18.2 Å². The van der Waals surface area contributed by atoms with Crippen LogP contribution < -0.4 is 5.73 Å². The minimum atomic E-state index is 0.464. The van der Waals surface area contributed by atoms with Gasteiger partial charge in [0.25, 0.3) is 0 Å². The number of amidine groups is 1. The number of aliphatic imine (C=N–C) groups is 1. The second-order valence-corrected chi connectivity index (χ2v) is 4.26. The van der Waals surface area contributed by atoms with Gasteiger partial charge in [-0.2, -0.15) is 0 Å². The monoisotopic (exact) mass is 248 g/mol. The molecule has 14 heavy (non-hydrogen) atoms. The Labute approximate surface area is 97.5 Å². The molecule has 76 valence electrons. The van der Waals surface area contributed by atoms with Crippen LogP contribution in [-0.4, -0.2) is 11.4 Å². The van der Waals surface area contributed by atoms with Crippen molar-refractivity contribution >= 4 is 40.1 Å². The van der Waals surface area contributed by atoms with E-state index >= 15 is 0 Å². The van der Waals surface area contributed by atoms with Gasteiger partial charge in [-0.3, -0.25) is 4.99 Å². The Morgan fingerprint density at radius 2 is 2.21 bits per heavy atom. The lowest BCUT2D eigenvalue weighted by Gasteiger charge is -2.01. The lowest BCUT2D eigenvalue weighted by molar-refractivity contribution is 1.07. The van der Waals surface area contributed by atoms with Gasteiger partial charge in [0.2, 0.25) is 0 Å². The first-order valence-corrected chi connectivity index (χ1v) is 5.89. The summed E-state index contributed by atoms with van der Waals surface area (Å²) in [7, 11) is 0. The third-order valence-corrected chi connectivity index (χ3v) is 2.77. The molecule has 0 atom stereocenters. The minimum Gasteiger partial charge on any atom is -0.379 e. The molecule has 1 aromatic carbocycles. The van der Waals surface area contributed by atoms with Crippen LogP contribution >= 0.6 is 35.0 Å². The van der Waals surface area contributed by atoms with Gasteiger partial charge in [0.15, 0.2) is 5.17 Å². The Morgan fingerprint density at radius 1 is 1.50 bits per heavy atom. The van der Waals surface area contributed by atoms with Gasteiger partial charge < -0.3 is 5.73 Å². The van der Waals surface area contributed by atoms with Crippen LogP contribution in [0, 0.1) is 0 Å². The molecule has 0 aliphatic heterocycles. The second-order valence-electron chi connectivity index (χ2n) is 2.59. The van der Waals surface area contributed by atoms with Gasteiger partial charge in [0, 0.05) is 10.0 Å². The SMILES string of the molecule is CSC(N)=NCc1cc(Cl)ccc1Cl. The van der Waals surface area contributed by atoms with E-state index in [1.807, 2.05) is 6.26 Å². The molecule has 1 aromatic rings. The molecule has 0 radical (unpaired) electrons. The van der Waals surface area contributed by atoms with Gasteiger partial charge in [0.05, 0.1) is 6.54 Å². The Balaban J connectivity index is 2.81. The second kappa shape index (κ2) is 5.49. The third-order valence-electron chi connectivity index (χ3n) is 1.62. The summed E-state index contributed by atoms with van der Waals surface area (Å²) in [6.45, 7) is 0.464. The van der Waals surface area contributed by atoms with E-state index in [0.717, 1.165) is 5.56 Å². The maximum Gasteiger partial charge on any atom is 0.153 e. The number of hydrogen-bond donors (Lipinski definition) is 1. The van der Waals surface area contributed by atoms with Crippen molar-refractivity contribution in [2.24, 2.45) is 10.7 Å². The highest BCUT2D eigenvalue weighted by Crippen LogP contribution is 2.21. The molecule has 0 aromatic heterocycles. The van der Waals surface area contributed by atoms with Crippen molar-refractivity contribution in [3.05, 3.63) is 33.8 Å². The standard InChI is InChI=1S/C9H10Cl2N2S/c1-14-9(12)13-5-6-4-7(10)2-3-8(6)11/h2-4H,5H2,1H3,(H2,12,13). The highest BCUT2D eigenvalue weighted by atomic mass is 35.5. The van der Waals surface area contributed by atoms with Crippen molar-refractivity contribution in [3.63, 3.8) is 0 Å². The number of nitrogens with zero attached hydrogens (tertiary/aromatic N) is 1. The van der Waals surface area contributed by atoms with Crippen LogP contribution in [0.25, 0.3) is 0 Å². The summed E-state index contributed by atoms with van der Waals surface area (Å²) >= 11 is 13.2. The van der Waals surface area contributed by atoms with Gasteiger partial charge in [-0.25, -0.2) is 0 Å². The Hall–Kier alpha value is -0.380. The summed E-state index contributed by atoms with van der Waals surface area (Å²) < 4.78 is 0. The smallest absolute Gasteiger partial charge is 0.153 e. The van der Waals surface area contributed by atoms with E-state index in [2.05, 4.69) is 4.99 Å². The van der Waals surface area contributed by atoms with E-state index < -0.39 is 0 Å². The first-order valence-electron chi connectivity index (χ1n) is 3.91. The fourth-order valence-corrected chi connectivity index (χ4v) is 1.46. The van der Waals surface area contributed by atoms with E-state index in [4.69, 9.17) is 28.9 Å². The maximum atomic E-state index is 5.95. The highest BCUT2D eigenvalue weighted by Gasteiger charge is 2.00. The van der Waals surface area contributed by atoms with Crippen LogP contribution in [0.5, 0.6) is 0 Å². The Kier molecular flexibility index (Phi) is 4.58. The van der Waals surface area contributed by atoms with Crippen LogP contribution in [0.2, 0.25) is 10.0 Å². The predicted molar refractivity (Wildman–Crippen MR) is 65.3 cm³/mol. The van der Waals surface area contributed by atoms with E-state index in [0.29, 0.717) is 21.8 Å². The zero-order chi connectivity index (χ0) is 10.6. The van der Waals surface area contributed by atoms with Gasteiger partial charge in [-0.15, -0.1) is 0 Å². The minimum absolute atomic E-state index is 0.464. The molecule has 0 spiro atoms. The lowest BCUT2D eigenvalue weighted by Crippen LogP contribution is -2.05. The molecule has 2 nitrogen and oxygen atoms in total. The molecule has 0 heterocycles. The van der Waals surface area contributed by atoms with Gasteiger partial charge in [-0.05, 0) is 30.0 Å². The van der Waals surface area contributed by atoms with Crippen LogP contribution in [0.3, 0.4) is 0 Å². The van der Waals surface area contributed by atoms with Crippen LogP contribution in [0.4, 0.5) is 0 Å². The van der Waals surface area contributed by atoms with Gasteiger partial charge >= 0.3 is 0 Å². The zero-order valence-electron chi connectivity index (χ0n) is 7.63. The first-order chi connectivity index (χ1) is 6.63. The summed E-state index contributed by atoms with van der Waals surface area (Å²) in [5, 5.41) is 1.86. The average Bonchev–Trinajstić information content (AvgIpc) is 2.19. The van der Waals surface area contributed by atoms with Crippen molar-refractivity contribution in [3.8, 4) is 0 Å². The number of rotatable bonds is 2. The maximum absolute atomic E-state index is 5.95. The topological polar surface area (TPSA) is 38.4 Å². The molecule has 2 N–H and O–H groups in total. The van der Waals surface area contributed by atoms with Crippen molar-refractivity contribution in [2.45, 2.75) is 6.54 Å². The summed E-state index contributed by atoms with van der Waals surface area (Å²) in [6, 6.07) is 5.29. The zero-order valence-corrected chi connectivity index (χ0v) is 9.96. The van der Waals surface area contributed by atoms with E-state index in [9.17, 15) is 0 Å². The molecule has 0 bridgehead atoms. The van der Waals surface area contributed by atoms with Gasteiger partial charge in [-0.1, -0.05) is 35.0 Å². The van der Waals surface area contributed by atoms with E-state index in [-0.39, 0.29) is 0 Å². The van der Waals surface area contributed by atoms with E-state index in [1.165, 1.54) is 11.8 Å². The Bertz CT molecular complexity index is 353. The largest absolute Gasteiger partial charge is 0.379 e. The van der Waals surface area contributed by atoms with Crippen molar-refractivity contribution in [2.75, 3.05) is 6.26 Å². The molecule has 0 unspecified atom stereocenters. The molecule has 0 fully saturated rings. The lowest BCUT2D eigenvalue weighted by atomic mass is 10.2. The molecule has 0 saturated carbocycles. The summed E-state index contributed by atoms with van der Waals surface area (Å²) in [4.78, 5) is 4.13. The fourth-order valence-electron chi connectivity index (χ4n) is 0.892. The number of hydrogen-bond acceptors (Lipinski definition) is 2. The molecule has 0 amide bonds. The number of nitrogens with two attached hydrogens (primary N) is 1. The number of halogens is 2. The normalized spacial score (nSPS) is 11.8. The van der Waals surface area contributed by atoms with Crippen molar-refractivity contribution in [1.82, 2.24) is 0 Å². The molecular formula is C9H10Cl2N2S. The Morgan fingerprint density at radius 3 is 2.86 bits per heavy atom. The molecule has 0 aliphatic rings. The molecule has 0 saturated heterocycles. The van der Waals surface area contributed by atoms with Crippen molar-refractivity contribution < 1.29 is 0 Å². The predicted octanol–water partition coefficient (Wildman–Crippen LogP) is 3.17. The van der Waals surface area contributed by atoms with Crippen LogP contribution in [-0.2, 0) is 6.54 Å². The number of thioether (sulfide) groups is 1. The third kappa shape index (κ3) is 3.40. The summed E-state index contributed by atoms with van der Waals surface area (Å²) in [6.07, 6.45) is 1.87. The van der Waals surface area contributed by atoms with Crippen LogP contribution in [0.1, 0.15) is 5.56 Å². The highest BCUT2D eigenvalue weighted by molar-refractivity contribution is 8.13. The molecule has 1 rings (SSSR count). The fraction of sp³-hybridized carbons (Fsp3) is 0.222. The van der Waals surface area contributed by atoms with Gasteiger partial charge in [0.1, 0.15) is 0 Å². The molecule has 5 heteroatoms. The average molecular weight is 249 g/mol. The number of benzene rings is 1. The van der Waals surface area contributed by atoms with Crippen LogP contribution in [0.15, 0.2) is 23.2 Å². The molecule has 0 aliphatic carbocycles. The first kappa shape index (κ1) is 11.7. The van der Waals surface area contributed by atoms with Crippen molar-refractivity contribution in [1.29, 1.82) is 0 Å². The summed E-state index contributed by atoms with van der Waals surface area (Å²) in [5.74, 6) is 0. The molecular weight excluding hydrogens is 239 g/mol. The summed E-state index contributed by atoms with van der Waals surface area (Å²) in [5.41, 5.74) is 6.43. The quantitative estimate of drug-likeness (QED) is 0.645.